The van der Waals surface area contributed by atoms with Gasteiger partial charge in [-0.3, -0.25) is 11.3 Å². The lowest BCUT2D eigenvalue weighted by molar-refractivity contribution is 0.482. The average molecular weight is 131 g/mol. The topological polar surface area (TPSA) is 50.1 Å². The summed E-state index contributed by atoms with van der Waals surface area (Å²) in [6.45, 7) is 3.02. The second-order valence-electron chi connectivity index (χ2n) is 2.18. The third kappa shape index (κ3) is 4.39. The summed E-state index contributed by atoms with van der Waals surface area (Å²) in [4.78, 5) is 0. The predicted octanol–water partition coefficient (Wildman–Crippen LogP) is -0.162. The van der Waals surface area contributed by atoms with E-state index in [9.17, 15) is 0 Å². The maximum absolute atomic E-state index is 5.15. The summed E-state index contributed by atoms with van der Waals surface area (Å²) in [5.41, 5.74) is 2.64. The normalized spacial score (nSPS) is 13.7. The van der Waals surface area contributed by atoms with Gasteiger partial charge in [-0.15, -0.1) is 0 Å². The maximum Gasteiger partial charge on any atom is 0.0251 e. The first-order valence-corrected chi connectivity index (χ1v) is 3.45. The lowest BCUT2D eigenvalue weighted by atomic mass is 10.2. The molecule has 0 aromatic rings. The molecule has 9 heavy (non-hydrogen) atoms. The molecule has 0 amide bonds. The Labute approximate surface area is 57.0 Å². The van der Waals surface area contributed by atoms with Crippen LogP contribution in [0.25, 0.3) is 0 Å². The molecule has 3 heteroatoms. The maximum atomic E-state index is 5.15. The Bertz CT molecular complexity index is 50.3. The fourth-order valence-corrected chi connectivity index (χ4v) is 0.839. The first-order chi connectivity index (χ1) is 4.35. The Balaban J connectivity index is 3.18. The zero-order valence-corrected chi connectivity index (χ0v) is 6.28. The fraction of sp³-hybridized carbons (Fsp3) is 1.00. The van der Waals surface area contributed by atoms with Crippen LogP contribution in [0.2, 0.25) is 0 Å². The van der Waals surface area contributed by atoms with E-state index in [1.165, 1.54) is 12.8 Å². The van der Waals surface area contributed by atoms with Gasteiger partial charge in [-0.2, -0.15) is 0 Å². The molecule has 0 aromatic heterocycles. The molecule has 0 rings (SSSR count). The molecule has 0 fully saturated rings. The van der Waals surface area contributed by atoms with E-state index in [1.807, 2.05) is 7.05 Å². The Morgan fingerprint density at radius 1 is 1.56 bits per heavy atom. The molecule has 0 aromatic carbocycles. The highest BCUT2D eigenvalue weighted by molar-refractivity contribution is 4.63. The molecule has 56 valence electrons. The molecule has 4 N–H and O–H groups in total. The van der Waals surface area contributed by atoms with Crippen LogP contribution >= 0.6 is 0 Å². The Morgan fingerprint density at radius 2 is 2.22 bits per heavy atom. The molecular weight excluding hydrogens is 114 g/mol. The smallest absolute Gasteiger partial charge is 0.0251 e. The van der Waals surface area contributed by atoms with Crippen LogP contribution in [-0.4, -0.2) is 19.6 Å². The molecule has 0 aliphatic carbocycles. The molecule has 0 aliphatic rings. The van der Waals surface area contributed by atoms with E-state index in [0.29, 0.717) is 6.04 Å². The van der Waals surface area contributed by atoms with E-state index < -0.39 is 0 Å². The van der Waals surface area contributed by atoms with Crippen LogP contribution in [-0.2, 0) is 0 Å². The number of rotatable bonds is 5. The highest BCUT2D eigenvalue weighted by Crippen LogP contribution is 1.92. The van der Waals surface area contributed by atoms with Crippen molar-refractivity contribution in [1.82, 2.24) is 10.7 Å². The zero-order valence-electron chi connectivity index (χ0n) is 6.28. The number of nitrogens with one attached hydrogen (secondary N) is 2. The zero-order chi connectivity index (χ0) is 7.11. The van der Waals surface area contributed by atoms with Gasteiger partial charge in [0.15, 0.2) is 0 Å². The first-order valence-electron chi connectivity index (χ1n) is 3.45. The summed E-state index contributed by atoms with van der Waals surface area (Å²) in [6, 6.07) is 0.528. The fourth-order valence-electron chi connectivity index (χ4n) is 0.839. The van der Waals surface area contributed by atoms with E-state index in [4.69, 9.17) is 5.84 Å². The molecule has 0 aliphatic heterocycles. The van der Waals surface area contributed by atoms with E-state index in [1.54, 1.807) is 0 Å². The quantitative estimate of drug-likeness (QED) is 0.359. The first kappa shape index (κ1) is 8.88. The van der Waals surface area contributed by atoms with Gasteiger partial charge < -0.3 is 5.32 Å². The second-order valence-corrected chi connectivity index (χ2v) is 2.18. The Hall–Kier alpha value is -0.120. The van der Waals surface area contributed by atoms with Crippen LogP contribution in [0, 0.1) is 0 Å². The predicted molar refractivity (Wildman–Crippen MR) is 39.9 cm³/mol. The molecule has 0 radical (unpaired) electrons. The molecule has 3 nitrogen and oxygen atoms in total. The highest BCUT2D eigenvalue weighted by atomic mass is 15.2. The van der Waals surface area contributed by atoms with Crippen molar-refractivity contribution in [3.63, 3.8) is 0 Å². The monoisotopic (exact) mass is 131 g/mol. The molecule has 0 bridgehead atoms. The van der Waals surface area contributed by atoms with E-state index >= 15 is 0 Å². The average Bonchev–Trinajstić information content (AvgIpc) is 1.88. The highest BCUT2D eigenvalue weighted by Gasteiger charge is 2.00. The number of hydrazine groups is 1. The van der Waals surface area contributed by atoms with Crippen molar-refractivity contribution in [3.8, 4) is 0 Å². The number of hydrogen-bond acceptors (Lipinski definition) is 3. The van der Waals surface area contributed by atoms with Gasteiger partial charge in [-0.25, -0.2) is 0 Å². The van der Waals surface area contributed by atoms with Crippen LogP contribution < -0.4 is 16.6 Å². The molecule has 0 unspecified atom stereocenters. The second kappa shape index (κ2) is 6.01. The van der Waals surface area contributed by atoms with E-state index in [-0.39, 0.29) is 0 Å². The van der Waals surface area contributed by atoms with Crippen molar-refractivity contribution >= 4 is 0 Å². The SMILES string of the molecule is CCC[C@@H](CNN)NC. The van der Waals surface area contributed by atoms with Crippen molar-refractivity contribution in [2.45, 2.75) is 25.8 Å². The minimum atomic E-state index is 0.528. The minimum absolute atomic E-state index is 0.528. The van der Waals surface area contributed by atoms with Gasteiger partial charge in [-0.1, -0.05) is 13.3 Å². The third-order valence-electron chi connectivity index (χ3n) is 1.41. The van der Waals surface area contributed by atoms with Crippen LogP contribution in [0.4, 0.5) is 0 Å². The van der Waals surface area contributed by atoms with E-state index in [0.717, 1.165) is 6.54 Å². The van der Waals surface area contributed by atoms with E-state index in [2.05, 4.69) is 17.7 Å². The van der Waals surface area contributed by atoms with Gasteiger partial charge in [0.05, 0.1) is 0 Å². The van der Waals surface area contributed by atoms with Crippen molar-refractivity contribution in [2.75, 3.05) is 13.6 Å². The molecule has 0 heterocycles. The summed E-state index contributed by atoms with van der Waals surface area (Å²) in [6.07, 6.45) is 2.38. The largest absolute Gasteiger partial charge is 0.316 e. The van der Waals surface area contributed by atoms with Crippen molar-refractivity contribution < 1.29 is 0 Å². The minimum Gasteiger partial charge on any atom is -0.316 e. The molecule has 0 saturated heterocycles. The van der Waals surface area contributed by atoms with Gasteiger partial charge in [0, 0.05) is 12.6 Å². The van der Waals surface area contributed by atoms with Crippen LogP contribution in [0.15, 0.2) is 0 Å². The summed E-state index contributed by atoms with van der Waals surface area (Å²) in [7, 11) is 1.96. The van der Waals surface area contributed by atoms with Gasteiger partial charge >= 0.3 is 0 Å². The standard InChI is InChI=1S/C6H17N3/c1-3-4-6(8-2)5-9-7/h6,8-9H,3-5,7H2,1-2H3/t6-/m0/s1. The van der Waals surface area contributed by atoms with Gasteiger partial charge in [0.1, 0.15) is 0 Å². The summed E-state index contributed by atoms with van der Waals surface area (Å²) in [5.74, 6) is 5.15. The van der Waals surface area contributed by atoms with Crippen LogP contribution in [0.1, 0.15) is 19.8 Å². The van der Waals surface area contributed by atoms with Crippen molar-refractivity contribution in [3.05, 3.63) is 0 Å². The van der Waals surface area contributed by atoms with Gasteiger partial charge in [0.2, 0.25) is 0 Å². The van der Waals surface area contributed by atoms with Gasteiger partial charge in [0.25, 0.3) is 0 Å². The number of hydrogen-bond donors (Lipinski definition) is 3. The lowest BCUT2D eigenvalue weighted by Gasteiger charge is -2.13. The molecule has 1 atom stereocenters. The third-order valence-corrected chi connectivity index (χ3v) is 1.41. The van der Waals surface area contributed by atoms with Gasteiger partial charge in [-0.05, 0) is 13.5 Å². The van der Waals surface area contributed by atoms with Crippen molar-refractivity contribution in [2.24, 2.45) is 5.84 Å². The summed E-state index contributed by atoms with van der Waals surface area (Å²) >= 11 is 0. The van der Waals surface area contributed by atoms with Crippen LogP contribution in [0.5, 0.6) is 0 Å². The molecule has 0 spiro atoms. The molecule has 0 saturated carbocycles. The Kier molecular flexibility index (Phi) is 5.93. The summed E-state index contributed by atoms with van der Waals surface area (Å²) in [5, 5.41) is 3.16. The van der Waals surface area contributed by atoms with Crippen molar-refractivity contribution in [1.29, 1.82) is 0 Å². The summed E-state index contributed by atoms with van der Waals surface area (Å²) < 4.78 is 0. The lowest BCUT2D eigenvalue weighted by Crippen LogP contribution is -2.39. The van der Waals surface area contributed by atoms with Crippen LogP contribution in [0.3, 0.4) is 0 Å². The Morgan fingerprint density at radius 3 is 2.56 bits per heavy atom. The number of likely N-dealkylation sites (N-methyl/N-ethyl adjacent to an activating group) is 1. The molecular formula is C6H17N3. The number of nitrogens with two attached hydrogens (primary N) is 1.